The number of urea groups is 1. The fourth-order valence-electron chi connectivity index (χ4n) is 2.18. The highest BCUT2D eigenvalue weighted by Crippen LogP contribution is 2.24. The lowest BCUT2D eigenvalue weighted by Crippen LogP contribution is -2.35. The Morgan fingerprint density at radius 1 is 1.31 bits per heavy atom. The van der Waals surface area contributed by atoms with E-state index in [-0.39, 0.29) is 5.57 Å². The van der Waals surface area contributed by atoms with Crippen LogP contribution in [-0.2, 0) is 11.4 Å². The van der Waals surface area contributed by atoms with Gasteiger partial charge in [0.2, 0.25) is 0 Å². The van der Waals surface area contributed by atoms with Gasteiger partial charge >= 0.3 is 6.03 Å². The van der Waals surface area contributed by atoms with Crippen molar-refractivity contribution in [2.24, 2.45) is 5.73 Å². The Kier molecular flexibility index (Phi) is 6.74. The van der Waals surface area contributed by atoms with Crippen molar-refractivity contribution >= 4 is 40.6 Å². The minimum Gasteiger partial charge on any atom is -0.488 e. The van der Waals surface area contributed by atoms with E-state index >= 15 is 0 Å². The highest BCUT2D eigenvalue weighted by molar-refractivity contribution is 14.1. The van der Waals surface area contributed by atoms with Crippen molar-refractivity contribution in [3.63, 3.8) is 0 Å². The van der Waals surface area contributed by atoms with E-state index in [1.807, 2.05) is 30.4 Å². The SMILES string of the molecule is Cc1cccc(COc2ccc(/C=C(/C#N)C(=O)NC(N)=O)cc2I)c1. The van der Waals surface area contributed by atoms with Crippen LogP contribution < -0.4 is 15.8 Å². The number of benzene rings is 2. The van der Waals surface area contributed by atoms with E-state index in [0.717, 1.165) is 9.13 Å². The first-order chi connectivity index (χ1) is 12.4. The molecule has 0 aliphatic heterocycles. The number of halogens is 1. The Morgan fingerprint density at radius 3 is 2.69 bits per heavy atom. The standard InChI is InChI=1S/C19H16IN3O3/c1-12-3-2-4-14(7-12)11-26-17-6-5-13(9-16(17)20)8-15(10-21)18(24)23-19(22)25/h2-9H,11H2,1H3,(H3,22,23,24,25)/b15-8-. The molecular weight excluding hydrogens is 445 g/mol. The van der Waals surface area contributed by atoms with E-state index < -0.39 is 11.9 Å². The molecular formula is C19H16IN3O3. The predicted octanol–water partition coefficient (Wildman–Crippen LogP) is 3.28. The van der Waals surface area contributed by atoms with Gasteiger partial charge in [-0.3, -0.25) is 10.1 Å². The number of amides is 3. The molecule has 6 nitrogen and oxygen atoms in total. The summed E-state index contributed by atoms with van der Waals surface area (Å²) in [6, 6.07) is 14.1. The Hall–Kier alpha value is -2.86. The number of nitrogens with two attached hydrogens (primary N) is 1. The number of nitrogens with zero attached hydrogens (tertiary/aromatic N) is 1. The van der Waals surface area contributed by atoms with Crippen molar-refractivity contribution < 1.29 is 14.3 Å². The Balaban J connectivity index is 2.13. The first-order valence-corrected chi connectivity index (χ1v) is 8.67. The van der Waals surface area contributed by atoms with Crippen molar-refractivity contribution in [2.45, 2.75) is 13.5 Å². The van der Waals surface area contributed by atoms with Crippen LogP contribution in [0.15, 0.2) is 48.0 Å². The second-order valence-corrected chi connectivity index (χ2v) is 6.62. The molecule has 0 unspecified atom stereocenters. The summed E-state index contributed by atoms with van der Waals surface area (Å²) in [4.78, 5) is 22.4. The molecule has 0 heterocycles. The molecule has 3 N–H and O–H groups in total. The molecule has 0 bridgehead atoms. The molecule has 0 fully saturated rings. The topological polar surface area (TPSA) is 105 Å². The van der Waals surface area contributed by atoms with Gasteiger partial charge in [-0.05, 0) is 58.9 Å². The minimum atomic E-state index is -1.01. The molecule has 2 rings (SSSR count). The molecule has 0 spiro atoms. The first kappa shape index (κ1) is 19.5. The molecule has 0 saturated heterocycles. The molecule has 26 heavy (non-hydrogen) atoms. The summed E-state index contributed by atoms with van der Waals surface area (Å²) in [6.45, 7) is 2.47. The van der Waals surface area contributed by atoms with Gasteiger partial charge in [0, 0.05) is 0 Å². The monoisotopic (exact) mass is 461 g/mol. The number of nitriles is 1. The lowest BCUT2D eigenvalue weighted by atomic mass is 10.1. The number of carbonyl (C=O) groups excluding carboxylic acids is 2. The molecule has 132 valence electrons. The van der Waals surface area contributed by atoms with Crippen molar-refractivity contribution in [3.8, 4) is 11.8 Å². The Bertz CT molecular complexity index is 916. The lowest BCUT2D eigenvalue weighted by Gasteiger charge is -2.09. The van der Waals surface area contributed by atoms with E-state index in [0.29, 0.717) is 17.9 Å². The maximum absolute atomic E-state index is 11.7. The summed E-state index contributed by atoms with van der Waals surface area (Å²) >= 11 is 2.12. The molecule has 0 aliphatic rings. The van der Waals surface area contributed by atoms with Crippen LogP contribution in [0.25, 0.3) is 6.08 Å². The highest BCUT2D eigenvalue weighted by Gasteiger charge is 2.11. The summed E-state index contributed by atoms with van der Waals surface area (Å²) in [5, 5.41) is 10.9. The third-order valence-electron chi connectivity index (χ3n) is 3.35. The molecule has 0 atom stereocenters. The average molecular weight is 461 g/mol. The van der Waals surface area contributed by atoms with Crippen LogP contribution in [0.1, 0.15) is 16.7 Å². The number of nitrogens with one attached hydrogen (secondary N) is 1. The molecule has 0 saturated carbocycles. The number of aryl methyl sites for hydroxylation is 1. The van der Waals surface area contributed by atoms with Gasteiger partial charge in [0.15, 0.2) is 0 Å². The number of rotatable bonds is 5. The van der Waals surface area contributed by atoms with Gasteiger partial charge in [0.1, 0.15) is 24.0 Å². The van der Waals surface area contributed by atoms with E-state index in [1.54, 1.807) is 24.3 Å². The summed E-state index contributed by atoms with van der Waals surface area (Å²) in [5.41, 5.74) is 7.54. The predicted molar refractivity (Wildman–Crippen MR) is 106 cm³/mol. The summed E-state index contributed by atoms with van der Waals surface area (Å²) < 4.78 is 6.66. The molecule has 0 aromatic heterocycles. The van der Waals surface area contributed by atoms with Crippen molar-refractivity contribution in [1.29, 1.82) is 5.26 Å². The zero-order chi connectivity index (χ0) is 19.1. The van der Waals surface area contributed by atoms with Gasteiger partial charge in [-0.2, -0.15) is 5.26 Å². The van der Waals surface area contributed by atoms with Gasteiger partial charge in [0.25, 0.3) is 5.91 Å². The van der Waals surface area contributed by atoms with E-state index in [4.69, 9.17) is 15.7 Å². The second-order valence-electron chi connectivity index (χ2n) is 5.46. The first-order valence-electron chi connectivity index (χ1n) is 7.59. The van der Waals surface area contributed by atoms with Crippen LogP contribution in [-0.4, -0.2) is 11.9 Å². The Morgan fingerprint density at radius 2 is 2.08 bits per heavy atom. The Labute approximate surface area is 164 Å². The van der Waals surface area contributed by atoms with Crippen LogP contribution in [0, 0.1) is 21.8 Å². The molecule has 7 heteroatoms. The van der Waals surface area contributed by atoms with Gasteiger partial charge in [-0.25, -0.2) is 4.79 Å². The van der Waals surface area contributed by atoms with Crippen molar-refractivity contribution in [2.75, 3.05) is 0 Å². The average Bonchev–Trinajstić information content (AvgIpc) is 2.58. The van der Waals surface area contributed by atoms with Crippen molar-refractivity contribution in [1.82, 2.24) is 5.32 Å². The normalized spacial score (nSPS) is 10.7. The van der Waals surface area contributed by atoms with E-state index in [9.17, 15) is 9.59 Å². The third-order valence-corrected chi connectivity index (χ3v) is 4.19. The lowest BCUT2D eigenvalue weighted by molar-refractivity contribution is -0.115. The smallest absolute Gasteiger partial charge is 0.319 e. The van der Waals surface area contributed by atoms with Crippen LogP contribution >= 0.6 is 22.6 Å². The van der Waals surface area contributed by atoms with E-state index in [1.165, 1.54) is 11.6 Å². The molecule has 0 aliphatic carbocycles. The van der Waals surface area contributed by atoms with Crippen LogP contribution in [0.2, 0.25) is 0 Å². The number of primary amides is 1. The minimum absolute atomic E-state index is 0.215. The van der Waals surface area contributed by atoms with Crippen molar-refractivity contribution in [3.05, 3.63) is 68.3 Å². The summed E-state index contributed by atoms with van der Waals surface area (Å²) in [6.07, 6.45) is 1.38. The zero-order valence-electron chi connectivity index (χ0n) is 14.0. The fraction of sp³-hybridized carbons (Fsp3) is 0.105. The van der Waals surface area contributed by atoms with Gasteiger partial charge in [-0.1, -0.05) is 35.9 Å². The summed E-state index contributed by atoms with van der Waals surface area (Å²) in [7, 11) is 0. The van der Waals surface area contributed by atoms with Crippen LogP contribution in [0.4, 0.5) is 4.79 Å². The molecule has 0 radical (unpaired) electrons. The zero-order valence-corrected chi connectivity index (χ0v) is 16.1. The van der Waals surface area contributed by atoms with Gasteiger partial charge < -0.3 is 10.5 Å². The highest BCUT2D eigenvalue weighted by atomic mass is 127. The fourth-order valence-corrected chi connectivity index (χ4v) is 2.88. The number of hydrogen-bond acceptors (Lipinski definition) is 4. The van der Waals surface area contributed by atoms with Crippen LogP contribution in [0.3, 0.4) is 0 Å². The third kappa shape index (κ3) is 5.60. The number of ether oxygens (including phenoxy) is 1. The quantitative estimate of drug-likeness (QED) is 0.405. The maximum atomic E-state index is 11.7. The number of carbonyl (C=O) groups is 2. The molecule has 2 aromatic rings. The van der Waals surface area contributed by atoms with Gasteiger partial charge in [0.05, 0.1) is 3.57 Å². The maximum Gasteiger partial charge on any atom is 0.319 e. The van der Waals surface area contributed by atoms with Crippen LogP contribution in [0.5, 0.6) is 5.75 Å². The largest absolute Gasteiger partial charge is 0.488 e. The second kappa shape index (κ2) is 9.01. The molecule has 3 amide bonds. The number of hydrogen-bond donors (Lipinski definition) is 2. The summed E-state index contributed by atoms with van der Waals surface area (Å²) in [5.74, 6) is -0.140. The van der Waals surface area contributed by atoms with Gasteiger partial charge in [-0.15, -0.1) is 0 Å². The molecule has 2 aromatic carbocycles. The number of imide groups is 1. The van der Waals surface area contributed by atoms with E-state index in [2.05, 4.69) is 28.7 Å².